The van der Waals surface area contributed by atoms with Crippen LogP contribution in [0.5, 0.6) is 0 Å². The number of allylic oxidation sites excluding steroid dienone is 9. The highest BCUT2D eigenvalue weighted by Crippen LogP contribution is 2.23. The average molecular weight is 1280 g/mol. The van der Waals surface area contributed by atoms with Crippen molar-refractivity contribution in [3.8, 4) is 0 Å². The van der Waals surface area contributed by atoms with E-state index in [2.05, 4.69) is 67.8 Å². The van der Waals surface area contributed by atoms with E-state index in [1.807, 2.05) is 6.08 Å². The minimum absolute atomic E-state index is 0.00962. The number of aliphatic hydroxyl groups excluding tert-OH is 5. The highest BCUT2D eigenvalue weighted by molar-refractivity contribution is 5.76. The van der Waals surface area contributed by atoms with Gasteiger partial charge in [0.05, 0.1) is 32.0 Å². The standard InChI is InChI=1S/C80H147NO10/c1-3-5-7-9-11-13-14-15-16-17-35-39-42-45-48-52-56-60-64-68-76(85)89-69-65-61-57-53-49-46-43-40-37-34-32-30-28-26-24-22-20-18-19-21-23-25-27-29-31-33-36-38-41-44-47-51-55-59-63-67-75(84)81-72(73(83)66-62-58-54-50-12-10-8-6-4-2)71-90-80-79(88)78(87)77(86)74(70-82)91-80/h12,15-16,20,22,26,28,50,62,66,72-74,77-80,82-83,86-88H,3-11,13-14,17-19,21,23-25,27,29-49,51-61,63-65,67-71H2,1-2H3,(H,81,84)/b16-15-,22-20-,28-26-,50-12+,66-62+. The largest absolute Gasteiger partial charge is 0.466 e. The van der Waals surface area contributed by atoms with Crippen molar-refractivity contribution in [1.82, 2.24) is 5.32 Å². The number of rotatable bonds is 69. The Morgan fingerprint density at radius 2 is 0.747 bits per heavy atom. The minimum Gasteiger partial charge on any atom is -0.466 e. The fourth-order valence-electron chi connectivity index (χ4n) is 12.2. The Morgan fingerprint density at radius 3 is 1.18 bits per heavy atom. The van der Waals surface area contributed by atoms with Crippen molar-refractivity contribution in [3.05, 3.63) is 60.8 Å². The molecule has 1 fully saturated rings. The van der Waals surface area contributed by atoms with Crippen LogP contribution in [0.2, 0.25) is 0 Å². The van der Waals surface area contributed by atoms with Crippen LogP contribution in [-0.2, 0) is 23.8 Å². The fourth-order valence-corrected chi connectivity index (χ4v) is 12.2. The maximum absolute atomic E-state index is 13.0. The molecule has 0 radical (unpaired) electrons. The van der Waals surface area contributed by atoms with E-state index in [9.17, 15) is 35.1 Å². The molecule has 7 unspecified atom stereocenters. The van der Waals surface area contributed by atoms with E-state index in [-0.39, 0.29) is 18.5 Å². The molecule has 1 aliphatic rings. The highest BCUT2D eigenvalue weighted by atomic mass is 16.7. The monoisotopic (exact) mass is 1280 g/mol. The molecule has 0 aromatic carbocycles. The van der Waals surface area contributed by atoms with Gasteiger partial charge in [-0.25, -0.2) is 0 Å². The second-order valence-electron chi connectivity index (χ2n) is 27.0. The van der Waals surface area contributed by atoms with Crippen molar-refractivity contribution in [3.63, 3.8) is 0 Å². The molecule has 0 spiro atoms. The normalized spacial score (nSPS) is 17.9. The smallest absolute Gasteiger partial charge is 0.305 e. The van der Waals surface area contributed by atoms with Crippen LogP contribution in [0.3, 0.4) is 0 Å². The predicted octanol–water partition coefficient (Wildman–Crippen LogP) is 20.9. The van der Waals surface area contributed by atoms with Gasteiger partial charge in [-0.1, -0.05) is 319 Å². The maximum Gasteiger partial charge on any atom is 0.305 e. The number of amides is 1. The van der Waals surface area contributed by atoms with Gasteiger partial charge in [-0.2, -0.15) is 0 Å². The van der Waals surface area contributed by atoms with Gasteiger partial charge < -0.3 is 45.1 Å². The first kappa shape index (κ1) is 86.4. The van der Waals surface area contributed by atoms with Crippen LogP contribution in [0.25, 0.3) is 0 Å². The van der Waals surface area contributed by atoms with Crippen molar-refractivity contribution < 1.29 is 49.3 Å². The first-order chi connectivity index (χ1) is 44.7. The molecule has 11 nitrogen and oxygen atoms in total. The number of carbonyl (C=O) groups excluding carboxylic acids is 2. The zero-order valence-electron chi connectivity index (χ0n) is 59.3. The Bertz CT molecular complexity index is 1700. The van der Waals surface area contributed by atoms with E-state index >= 15 is 0 Å². The van der Waals surface area contributed by atoms with Crippen LogP contribution < -0.4 is 5.32 Å². The van der Waals surface area contributed by atoms with Crippen LogP contribution in [0.1, 0.15) is 373 Å². The molecular formula is C80H147NO10. The number of hydrogen-bond acceptors (Lipinski definition) is 10. The molecule has 0 aliphatic carbocycles. The van der Waals surface area contributed by atoms with Gasteiger partial charge in [0.1, 0.15) is 24.4 Å². The molecule has 0 bridgehead atoms. The lowest BCUT2D eigenvalue weighted by Crippen LogP contribution is -2.60. The molecule has 0 aromatic rings. The summed E-state index contributed by atoms with van der Waals surface area (Å²) in [5.41, 5.74) is 0. The maximum atomic E-state index is 13.0. The summed E-state index contributed by atoms with van der Waals surface area (Å²) in [5.74, 6) is -0.182. The van der Waals surface area contributed by atoms with E-state index in [0.29, 0.717) is 19.4 Å². The number of carbonyl (C=O) groups is 2. The molecule has 1 heterocycles. The number of nitrogens with one attached hydrogen (secondary N) is 1. The molecule has 91 heavy (non-hydrogen) atoms. The molecule has 0 aromatic heterocycles. The first-order valence-corrected chi connectivity index (χ1v) is 39.1. The summed E-state index contributed by atoms with van der Waals surface area (Å²) in [6, 6.07) is -0.825. The molecule has 11 heteroatoms. The zero-order chi connectivity index (χ0) is 65.8. The summed E-state index contributed by atoms with van der Waals surface area (Å²) < 4.78 is 16.7. The number of hydrogen-bond donors (Lipinski definition) is 6. The van der Waals surface area contributed by atoms with Crippen molar-refractivity contribution in [2.75, 3.05) is 19.8 Å². The summed E-state index contributed by atoms with van der Waals surface area (Å²) >= 11 is 0. The Labute approximate surface area is 560 Å². The second kappa shape index (κ2) is 68.7. The summed E-state index contributed by atoms with van der Waals surface area (Å²) in [4.78, 5) is 25.1. The van der Waals surface area contributed by atoms with Gasteiger partial charge in [0.25, 0.3) is 0 Å². The molecule has 6 N–H and O–H groups in total. The van der Waals surface area contributed by atoms with E-state index in [4.69, 9.17) is 14.2 Å². The Balaban J connectivity index is 1.87. The molecular weight excluding hydrogens is 1130 g/mol. The number of ether oxygens (including phenoxy) is 3. The second-order valence-corrected chi connectivity index (χ2v) is 27.0. The third-order valence-electron chi connectivity index (χ3n) is 18.3. The van der Waals surface area contributed by atoms with Gasteiger partial charge in [0.2, 0.25) is 5.91 Å². The van der Waals surface area contributed by atoms with Crippen molar-refractivity contribution in [2.45, 2.75) is 416 Å². The van der Waals surface area contributed by atoms with Gasteiger partial charge in [0, 0.05) is 12.8 Å². The van der Waals surface area contributed by atoms with Crippen LogP contribution in [0, 0.1) is 0 Å². The lowest BCUT2D eigenvalue weighted by molar-refractivity contribution is -0.302. The van der Waals surface area contributed by atoms with Gasteiger partial charge in [-0.3, -0.25) is 9.59 Å². The van der Waals surface area contributed by atoms with Gasteiger partial charge in [-0.15, -0.1) is 0 Å². The van der Waals surface area contributed by atoms with Gasteiger partial charge in [-0.05, 0) is 103 Å². The summed E-state index contributed by atoms with van der Waals surface area (Å²) in [6.45, 7) is 4.30. The first-order valence-electron chi connectivity index (χ1n) is 39.1. The molecule has 1 aliphatic heterocycles. The minimum atomic E-state index is -1.58. The van der Waals surface area contributed by atoms with Crippen molar-refractivity contribution in [1.29, 1.82) is 0 Å². The van der Waals surface area contributed by atoms with Crippen LogP contribution >= 0.6 is 0 Å². The molecule has 1 saturated heterocycles. The summed E-state index contributed by atoms with van der Waals surface area (Å²) in [6.07, 6.45) is 82.7. The van der Waals surface area contributed by atoms with Crippen LogP contribution in [0.4, 0.5) is 0 Å². The Morgan fingerprint density at radius 1 is 0.407 bits per heavy atom. The van der Waals surface area contributed by atoms with Crippen molar-refractivity contribution in [2.24, 2.45) is 0 Å². The Kier molecular flexibility index (Phi) is 65.2. The molecule has 532 valence electrons. The lowest BCUT2D eigenvalue weighted by atomic mass is 9.99. The fraction of sp³-hybridized carbons (Fsp3) is 0.850. The summed E-state index contributed by atoms with van der Waals surface area (Å²) in [7, 11) is 0. The number of unbranched alkanes of at least 4 members (excludes halogenated alkanes) is 47. The van der Waals surface area contributed by atoms with E-state index < -0.39 is 49.5 Å². The van der Waals surface area contributed by atoms with Crippen LogP contribution in [-0.4, -0.2) is 100 Å². The van der Waals surface area contributed by atoms with Crippen LogP contribution in [0.15, 0.2) is 60.8 Å². The topological polar surface area (TPSA) is 175 Å². The third-order valence-corrected chi connectivity index (χ3v) is 18.3. The number of esters is 1. The zero-order valence-corrected chi connectivity index (χ0v) is 59.3. The molecule has 1 rings (SSSR count). The third kappa shape index (κ3) is 57.3. The molecule has 1 amide bonds. The number of aliphatic hydroxyl groups is 5. The summed E-state index contributed by atoms with van der Waals surface area (Å²) in [5, 5.41) is 54.3. The SMILES string of the molecule is CCCCC/C=C/CC/C=C/C(O)C(COC1OC(CO)C(O)C(O)C1O)NC(=O)CCCCCCCCCCCCCCCCCCC/C=C\C/C=C\CCCCCCCCCCCCCOC(=O)CCCCCCCCCCC/C=C\CCCCCCCC. The quantitative estimate of drug-likeness (QED) is 0.0195. The lowest BCUT2D eigenvalue weighted by Gasteiger charge is -2.40. The molecule has 0 saturated carbocycles. The van der Waals surface area contributed by atoms with E-state index in [1.54, 1.807) is 6.08 Å². The predicted molar refractivity (Wildman–Crippen MR) is 384 cm³/mol. The van der Waals surface area contributed by atoms with Crippen molar-refractivity contribution >= 4 is 11.9 Å². The highest BCUT2D eigenvalue weighted by Gasteiger charge is 2.44. The van der Waals surface area contributed by atoms with E-state index in [0.717, 1.165) is 64.2 Å². The molecule has 7 atom stereocenters. The van der Waals surface area contributed by atoms with Gasteiger partial charge in [0.15, 0.2) is 6.29 Å². The Hall–Kier alpha value is -2.64. The average Bonchev–Trinajstić information content (AvgIpc) is 1.82. The van der Waals surface area contributed by atoms with E-state index in [1.165, 1.54) is 283 Å². The van der Waals surface area contributed by atoms with Gasteiger partial charge >= 0.3 is 5.97 Å².